The molecule has 0 unspecified atom stereocenters. The number of carbonyl (C=O) groups excluding carboxylic acids is 1. The third-order valence-electron chi connectivity index (χ3n) is 3.72. The minimum absolute atomic E-state index is 0.180. The van der Waals surface area contributed by atoms with E-state index in [1.165, 1.54) is 6.08 Å². The summed E-state index contributed by atoms with van der Waals surface area (Å²) in [4.78, 5) is 16.6. The number of amides is 1. The topological polar surface area (TPSA) is 60.5 Å². The van der Waals surface area contributed by atoms with Crippen LogP contribution in [0.1, 0.15) is 10.6 Å². The molecule has 1 aromatic heterocycles. The van der Waals surface area contributed by atoms with Gasteiger partial charge in [-0.2, -0.15) is 0 Å². The van der Waals surface area contributed by atoms with Gasteiger partial charge in [0, 0.05) is 6.08 Å². The van der Waals surface area contributed by atoms with Gasteiger partial charge < -0.3 is 14.8 Å². The SMILES string of the molecule is C=CCOc1ccc(/C=C/C(=O)NCc2nc3ccccc3s2)cc1OC. The molecule has 0 saturated carbocycles. The van der Waals surface area contributed by atoms with Gasteiger partial charge in [-0.25, -0.2) is 4.98 Å². The Balaban J connectivity index is 1.59. The maximum absolute atomic E-state index is 12.1. The summed E-state index contributed by atoms with van der Waals surface area (Å²) in [6.45, 7) is 4.43. The molecule has 3 rings (SSSR count). The van der Waals surface area contributed by atoms with Crippen molar-refractivity contribution in [2.45, 2.75) is 6.54 Å². The van der Waals surface area contributed by atoms with E-state index >= 15 is 0 Å². The molecular weight excluding hydrogens is 360 g/mol. The molecule has 0 aliphatic carbocycles. The second-order valence-electron chi connectivity index (χ2n) is 5.64. The molecule has 0 bridgehead atoms. The number of hydrogen-bond donors (Lipinski definition) is 1. The lowest BCUT2D eigenvalue weighted by Crippen LogP contribution is -2.20. The van der Waals surface area contributed by atoms with Crippen molar-refractivity contribution in [1.82, 2.24) is 10.3 Å². The Morgan fingerprint density at radius 2 is 2.11 bits per heavy atom. The fourth-order valence-corrected chi connectivity index (χ4v) is 3.35. The molecule has 0 fully saturated rings. The van der Waals surface area contributed by atoms with Gasteiger partial charge in [0.15, 0.2) is 11.5 Å². The number of nitrogens with one attached hydrogen (secondary N) is 1. The van der Waals surface area contributed by atoms with Gasteiger partial charge in [0.05, 0.1) is 23.9 Å². The lowest BCUT2D eigenvalue weighted by Gasteiger charge is -2.09. The van der Waals surface area contributed by atoms with E-state index in [9.17, 15) is 4.79 Å². The summed E-state index contributed by atoms with van der Waals surface area (Å²) in [5, 5.41) is 3.73. The van der Waals surface area contributed by atoms with E-state index in [0.717, 1.165) is 20.8 Å². The Bertz CT molecular complexity index is 945. The third-order valence-corrected chi connectivity index (χ3v) is 4.76. The minimum atomic E-state index is -0.180. The maximum atomic E-state index is 12.1. The predicted molar refractivity (Wildman–Crippen MR) is 109 cm³/mol. The maximum Gasteiger partial charge on any atom is 0.244 e. The highest BCUT2D eigenvalue weighted by atomic mass is 32.1. The fraction of sp³-hybridized carbons (Fsp3) is 0.143. The molecular formula is C21H20N2O3S. The molecule has 6 heteroatoms. The first-order chi connectivity index (χ1) is 13.2. The zero-order chi connectivity index (χ0) is 19.1. The summed E-state index contributed by atoms with van der Waals surface area (Å²) in [7, 11) is 1.58. The number of carbonyl (C=O) groups is 1. The van der Waals surface area contributed by atoms with Gasteiger partial charge in [-0.1, -0.05) is 30.9 Å². The van der Waals surface area contributed by atoms with Crippen LogP contribution in [-0.4, -0.2) is 24.6 Å². The molecule has 1 amide bonds. The highest BCUT2D eigenvalue weighted by Crippen LogP contribution is 2.28. The first kappa shape index (κ1) is 18.7. The quantitative estimate of drug-likeness (QED) is 0.470. The lowest BCUT2D eigenvalue weighted by atomic mass is 10.2. The van der Waals surface area contributed by atoms with Crippen molar-refractivity contribution >= 4 is 33.5 Å². The Labute approximate surface area is 162 Å². The molecule has 3 aromatic rings. The summed E-state index contributed by atoms with van der Waals surface area (Å²) in [6.07, 6.45) is 4.89. The standard InChI is InChI=1S/C21H20N2O3S/c1-3-12-26-17-10-8-15(13-18(17)25-2)9-11-20(24)22-14-21-23-16-6-4-5-7-19(16)27-21/h3-11,13H,1,12,14H2,2H3,(H,22,24)/b11-9+. The average molecular weight is 380 g/mol. The highest BCUT2D eigenvalue weighted by molar-refractivity contribution is 7.18. The van der Waals surface area contributed by atoms with E-state index < -0.39 is 0 Å². The number of benzene rings is 2. The molecule has 1 heterocycles. The number of nitrogens with zero attached hydrogens (tertiary/aromatic N) is 1. The second kappa shape index (κ2) is 9.00. The fourth-order valence-electron chi connectivity index (χ4n) is 2.44. The monoisotopic (exact) mass is 380 g/mol. The van der Waals surface area contributed by atoms with Crippen molar-refractivity contribution in [1.29, 1.82) is 0 Å². The number of fused-ring (bicyclic) bond motifs is 1. The molecule has 27 heavy (non-hydrogen) atoms. The largest absolute Gasteiger partial charge is 0.493 e. The van der Waals surface area contributed by atoms with E-state index in [1.807, 2.05) is 36.4 Å². The highest BCUT2D eigenvalue weighted by Gasteiger charge is 2.06. The van der Waals surface area contributed by atoms with Crippen LogP contribution < -0.4 is 14.8 Å². The molecule has 0 spiro atoms. The molecule has 138 valence electrons. The second-order valence-corrected chi connectivity index (χ2v) is 6.75. The van der Waals surface area contributed by atoms with Crippen LogP contribution in [0.4, 0.5) is 0 Å². The first-order valence-corrected chi connectivity index (χ1v) is 9.23. The molecule has 0 saturated heterocycles. The molecule has 0 aliphatic rings. The van der Waals surface area contributed by atoms with Gasteiger partial charge >= 0.3 is 0 Å². The van der Waals surface area contributed by atoms with E-state index in [2.05, 4.69) is 16.9 Å². The summed E-state index contributed by atoms with van der Waals surface area (Å²) >= 11 is 1.58. The number of aromatic nitrogens is 1. The van der Waals surface area contributed by atoms with Crippen molar-refractivity contribution in [2.24, 2.45) is 0 Å². The van der Waals surface area contributed by atoms with Crippen molar-refractivity contribution in [2.75, 3.05) is 13.7 Å². The van der Waals surface area contributed by atoms with Gasteiger partial charge in [-0.05, 0) is 35.9 Å². The molecule has 5 nitrogen and oxygen atoms in total. The zero-order valence-electron chi connectivity index (χ0n) is 15.0. The lowest BCUT2D eigenvalue weighted by molar-refractivity contribution is -0.116. The number of para-hydroxylation sites is 1. The molecule has 0 aliphatic heterocycles. The van der Waals surface area contributed by atoms with Crippen molar-refractivity contribution in [3.05, 3.63) is 71.8 Å². The zero-order valence-corrected chi connectivity index (χ0v) is 15.8. The third kappa shape index (κ3) is 4.95. The van der Waals surface area contributed by atoms with Crippen LogP contribution in [0.15, 0.2) is 61.2 Å². The number of ether oxygens (including phenoxy) is 2. The molecule has 1 N–H and O–H groups in total. The van der Waals surface area contributed by atoms with Gasteiger partial charge in [0.2, 0.25) is 5.91 Å². The van der Waals surface area contributed by atoms with Crippen LogP contribution in [0.2, 0.25) is 0 Å². The average Bonchev–Trinajstić information content (AvgIpc) is 3.12. The van der Waals surface area contributed by atoms with Crippen molar-refractivity contribution in [3.63, 3.8) is 0 Å². The van der Waals surface area contributed by atoms with E-state index in [4.69, 9.17) is 9.47 Å². The summed E-state index contributed by atoms with van der Waals surface area (Å²) in [5.74, 6) is 1.06. The first-order valence-electron chi connectivity index (χ1n) is 8.41. The minimum Gasteiger partial charge on any atom is -0.493 e. The Kier molecular flexibility index (Phi) is 6.22. The predicted octanol–water partition coefficient (Wildman–Crippen LogP) is 4.20. The number of rotatable bonds is 8. The van der Waals surface area contributed by atoms with Gasteiger partial charge in [-0.15, -0.1) is 11.3 Å². The van der Waals surface area contributed by atoms with Crippen molar-refractivity contribution < 1.29 is 14.3 Å². The molecule has 0 atom stereocenters. The van der Waals surface area contributed by atoms with Crippen LogP contribution >= 0.6 is 11.3 Å². The van der Waals surface area contributed by atoms with Crippen LogP contribution in [0.25, 0.3) is 16.3 Å². The molecule has 0 radical (unpaired) electrons. The van der Waals surface area contributed by atoms with E-state index in [-0.39, 0.29) is 5.91 Å². The smallest absolute Gasteiger partial charge is 0.244 e. The number of thiazole rings is 1. The van der Waals surface area contributed by atoms with Crippen LogP contribution in [0.5, 0.6) is 11.5 Å². The summed E-state index contributed by atoms with van der Waals surface area (Å²) < 4.78 is 12.0. The van der Waals surface area contributed by atoms with Crippen molar-refractivity contribution in [3.8, 4) is 11.5 Å². The molecule has 2 aromatic carbocycles. The Hall–Kier alpha value is -3.12. The van der Waals surface area contributed by atoms with Gasteiger partial charge in [-0.3, -0.25) is 4.79 Å². The number of hydrogen-bond acceptors (Lipinski definition) is 5. The Morgan fingerprint density at radius 1 is 1.26 bits per heavy atom. The van der Waals surface area contributed by atoms with Gasteiger partial charge in [0.25, 0.3) is 0 Å². The van der Waals surface area contributed by atoms with Gasteiger partial charge in [0.1, 0.15) is 11.6 Å². The van der Waals surface area contributed by atoms with Crippen LogP contribution in [0.3, 0.4) is 0 Å². The van der Waals surface area contributed by atoms with E-state index in [1.54, 1.807) is 36.7 Å². The van der Waals surface area contributed by atoms with Crippen LogP contribution in [-0.2, 0) is 11.3 Å². The van der Waals surface area contributed by atoms with Crippen LogP contribution in [0, 0.1) is 0 Å². The van der Waals surface area contributed by atoms with E-state index in [0.29, 0.717) is 24.7 Å². The Morgan fingerprint density at radius 3 is 2.89 bits per heavy atom. The summed E-state index contributed by atoms with van der Waals surface area (Å²) in [6, 6.07) is 13.4. The number of methoxy groups -OCH3 is 1. The summed E-state index contributed by atoms with van der Waals surface area (Å²) in [5.41, 5.74) is 1.79. The normalized spacial score (nSPS) is 10.9.